The molecule has 0 bridgehead atoms. The first kappa shape index (κ1) is 41.4. The van der Waals surface area contributed by atoms with Gasteiger partial charge in [0.2, 0.25) is 0 Å². The van der Waals surface area contributed by atoms with E-state index in [1.54, 1.807) is 0 Å². The third-order valence-corrected chi connectivity index (χ3v) is 17.0. The standard InChI is InChI=1S/C64H60BN3/c1-61(2,3)45-25-29-47(30-26-45)66(48-31-27-46(28-32-48)62(4,5)6)49-39-56-58-57(40-49)68-60-52(63(7)34-15-16-35-64(63,68)8)22-17-23-53(60)65(58)54-38-44(42-20-13-10-14-21-42)37-51-50-36-43(41-18-11-9-12-19-41)24-33-55(50)67(56)59(51)54/h9-14,17-33,36-40H,15-16,34-35H2,1-8H3. The lowest BCUT2D eigenvalue weighted by molar-refractivity contribution is 0.195. The number of fused-ring (bicyclic) bond motifs is 10. The van der Waals surface area contributed by atoms with Gasteiger partial charge in [0.15, 0.2) is 0 Å². The summed E-state index contributed by atoms with van der Waals surface area (Å²) in [5, 5.41) is 2.59. The van der Waals surface area contributed by atoms with E-state index >= 15 is 0 Å². The van der Waals surface area contributed by atoms with Gasteiger partial charge in [-0.1, -0.05) is 177 Å². The van der Waals surface area contributed by atoms with Gasteiger partial charge < -0.3 is 14.4 Å². The Morgan fingerprint density at radius 2 is 1.09 bits per heavy atom. The van der Waals surface area contributed by atoms with Crippen LogP contribution in [0.25, 0.3) is 49.7 Å². The zero-order valence-electron chi connectivity index (χ0n) is 40.9. The Bertz CT molecular complexity index is 3440. The molecular formula is C64H60BN3. The van der Waals surface area contributed by atoms with E-state index in [0.29, 0.717) is 0 Å². The van der Waals surface area contributed by atoms with Crippen LogP contribution < -0.4 is 26.2 Å². The minimum atomic E-state index is -0.0978. The van der Waals surface area contributed by atoms with Gasteiger partial charge in [0.1, 0.15) is 0 Å². The second-order valence-electron chi connectivity index (χ2n) is 22.9. The number of rotatable bonds is 5. The summed E-state index contributed by atoms with van der Waals surface area (Å²) in [5.41, 5.74) is 23.6. The van der Waals surface area contributed by atoms with Gasteiger partial charge in [-0.15, -0.1) is 0 Å². The molecule has 0 spiro atoms. The zero-order valence-corrected chi connectivity index (χ0v) is 40.9. The van der Waals surface area contributed by atoms with E-state index in [1.807, 2.05) is 0 Å². The average Bonchev–Trinajstić information content (AvgIpc) is 3.78. The minimum Gasteiger partial charge on any atom is -0.335 e. The molecule has 9 aromatic rings. The van der Waals surface area contributed by atoms with E-state index in [2.05, 4.69) is 240 Å². The van der Waals surface area contributed by atoms with Crippen LogP contribution in [-0.4, -0.2) is 16.8 Å². The molecule has 3 aliphatic heterocycles. The van der Waals surface area contributed by atoms with Crippen molar-refractivity contribution in [3.63, 3.8) is 0 Å². The van der Waals surface area contributed by atoms with Crippen LogP contribution in [0, 0.1) is 0 Å². The number of hydrogen-bond acceptors (Lipinski definition) is 2. The van der Waals surface area contributed by atoms with Crippen molar-refractivity contribution in [1.82, 2.24) is 4.57 Å². The normalized spacial score (nSPS) is 19.0. The van der Waals surface area contributed by atoms with Crippen molar-refractivity contribution in [1.29, 1.82) is 0 Å². The van der Waals surface area contributed by atoms with Crippen molar-refractivity contribution in [3.8, 4) is 27.9 Å². The fourth-order valence-corrected chi connectivity index (χ4v) is 13.2. The maximum absolute atomic E-state index is 2.88. The molecule has 13 rings (SSSR count). The highest BCUT2D eigenvalue weighted by molar-refractivity contribution is 7.00. The quantitative estimate of drug-likeness (QED) is 0.160. The molecule has 4 heteroatoms. The van der Waals surface area contributed by atoms with Crippen molar-refractivity contribution in [2.75, 3.05) is 9.80 Å². The summed E-state index contributed by atoms with van der Waals surface area (Å²) in [6, 6.07) is 65.5. The van der Waals surface area contributed by atoms with Crippen LogP contribution in [-0.2, 0) is 16.2 Å². The monoisotopic (exact) mass is 881 g/mol. The predicted molar refractivity (Wildman–Crippen MR) is 291 cm³/mol. The lowest BCUT2D eigenvalue weighted by Gasteiger charge is -2.52. The third-order valence-electron chi connectivity index (χ3n) is 17.0. The molecule has 1 aromatic heterocycles. The van der Waals surface area contributed by atoms with Gasteiger partial charge in [-0.2, -0.15) is 0 Å². The van der Waals surface area contributed by atoms with Crippen molar-refractivity contribution < 1.29 is 0 Å². The van der Waals surface area contributed by atoms with E-state index < -0.39 is 0 Å². The second-order valence-corrected chi connectivity index (χ2v) is 22.9. The van der Waals surface area contributed by atoms with Crippen molar-refractivity contribution in [2.45, 2.75) is 103 Å². The van der Waals surface area contributed by atoms with Crippen LogP contribution >= 0.6 is 0 Å². The number of anilines is 5. The fourth-order valence-electron chi connectivity index (χ4n) is 13.2. The molecule has 68 heavy (non-hydrogen) atoms. The Hall–Kier alpha value is -6.78. The van der Waals surface area contributed by atoms with Gasteiger partial charge in [0.05, 0.1) is 16.7 Å². The summed E-state index contributed by atoms with van der Waals surface area (Å²) < 4.78 is 2.67. The Balaban J connectivity index is 1.16. The van der Waals surface area contributed by atoms with E-state index in [0.717, 1.165) is 17.8 Å². The molecule has 4 heterocycles. The highest BCUT2D eigenvalue weighted by atomic mass is 15.3. The van der Waals surface area contributed by atoms with Crippen LogP contribution in [0.5, 0.6) is 0 Å². The highest BCUT2D eigenvalue weighted by Crippen LogP contribution is 2.62. The van der Waals surface area contributed by atoms with Gasteiger partial charge in [-0.25, -0.2) is 0 Å². The lowest BCUT2D eigenvalue weighted by atomic mass is 9.33. The van der Waals surface area contributed by atoms with Crippen molar-refractivity contribution in [2.24, 2.45) is 0 Å². The third kappa shape index (κ3) is 5.79. The SMILES string of the molecule is CC(C)(C)c1ccc(N(c2ccc(C(C)(C)C)cc2)c2cc3c4c(c2)-n2c5ccc(-c6ccccc6)cc5c5cc(-c6ccccc6)cc(c52)B4c2cccc4c2N3C2(C)CCCCC42C)cc1. The summed E-state index contributed by atoms with van der Waals surface area (Å²) in [6.45, 7) is 19.1. The van der Waals surface area contributed by atoms with Gasteiger partial charge >= 0.3 is 0 Å². The highest BCUT2D eigenvalue weighted by Gasteiger charge is 2.61. The van der Waals surface area contributed by atoms with Crippen LogP contribution in [0.15, 0.2) is 170 Å². The molecule has 334 valence electrons. The number of nitrogens with zero attached hydrogens (tertiary/aromatic N) is 3. The molecular weight excluding hydrogens is 822 g/mol. The molecule has 8 aromatic carbocycles. The van der Waals surface area contributed by atoms with Gasteiger partial charge in [-0.3, -0.25) is 0 Å². The molecule has 0 saturated heterocycles. The van der Waals surface area contributed by atoms with E-state index in [-0.39, 0.29) is 28.5 Å². The summed E-state index contributed by atoms with van der Waals surface area (Å²) in [6.07, 6.45) is 4.84. The summed E-state index contributed by atoms with van der Waals surface area (Å²) in [4.78, 5) is 5.41. The largest absolute Gasteiger partial charge is 0.335 e. The number of aromatic nitrogens is 1. The topological polar surface area (TPSA) is 11.4 Å². The molecule has 2 unspecified atom stereocenters. The number of hydrogen-bond donors (Lipinski definition) is 0. The Morgan fingerprint density at radius 1 is 0.500 bits per heavy atom. The Morgan fingerprint density at radius 3 is 1.72 bits per heavy atom. The van der Waals surface area contributed by atoms with Crippen molar-refractivity contribution in [3.05, 3.63) is 187 Å². The Labute approximate surface area is 403 Å². The van der Waals surface area contributed by atoms with E-state index in [9.17, 15) is 0 Å². The van der Waals surface area contributed by atoms with Crippen LogP contribution in [0.4, 0.5) is 28.4 Å². The lowest BCUT2D eigenvalue weighted by Crippen LogP contribution is -2.64. The summed E-state index contributed by atoms with van der Waals surface area (Å²) >= 11 is 0. The number of para-hydroxylation sites is 1. The maximum atomic E-state index is 2.88. The molecule has 0 amide bonds. The second kappa shape index (κ2) is 14.4. The molecule has 4 aliphatic rings. The van der Waals surface area contributed by atoms with Gasteiger partial charge in [0.25, 0.3) is 6.71 Å². The molecule has 2 atom stereocenters. The fraction of sp³-hybridized carbons (Fsp3) is 0.250. The van der Waals surface area contributed by atoms with E-state index in [4.69, 9.17) is 0 Å². The molecule has 0 radical (unpaired) electrons. The smallest absolute Gasteiger partial charge is 0.252 e. The minimum absolute atomic E-state index is 0.00923. The van der Waals surface area contributed by atoms with Gasteiger partial charge in [0, 0.05) is 50.1 Å². The molecule has 1 fully saturated rings. The maximum Gasteiger partial charge on any atom is 0.252 e. The first-order valence-corrected chi connectivity index (χ1v) is 25.1. The first-order valence-electron chi connectivity index (χ1n) is 25.1. The molecule has 3 nitrogen and oxygen atoms in total. The Kier molecular flexibility index (Phi) is 8.75. The van der Waals surface area contributed by atoms with E-state index in [1.165, 1.54) is 119 Å². The van der Waals surface area contributed by atoms with Crippen LogP contribution in [0.2, 0.25) is 0 Å². The van der Waals surface area contributed by atoms with Crippen molar-refractivity contribution >= 4 is 73.3 Å². The molecule has 0 N–H and O–H groups in total. The molecule has 1 saturated carbocycles. The first-order chi connectivity index (χ1) is 32.7. The van der Waals surface area contributed by atoms with Crippen LogP contribution in [0.1, 0.15) is 97.8 Å². The van der Waals surface area contributed by atoms with Gasteiger partial charge in [-0.05, 0) is 141 Å². The molecule has 1 aliphatic carbocycles. The average molecular weight is 882 g/mol. The van der Waals surface area contributed by atoms with Crippen LogP contribution in [0.3, 0.4) is 0 Å². The predicted octanol–water partition coefficient (Wildman–Crippen LogP) is 15.1. The summed E-state index contributed by atoms with van der Waals surface area (Å²) in [7, 11) is 0. The number of benzene rings is 8. The zero-order chi connectivity index (χ0) is 46.5. The summed E-state index contributed by atoms with van der Waals surface area (Å²) in [5.74, 6) is 0.